The number of nitrogens with zero attached hydrogens (tertiary/aromatic N) is 2. The molecule has 1 atom stereocenters. The number of aryl methyl sites for hydroxylation is 2. The van der Waals surface area contributed by atoms with Crippen molar-refractivity contribution >= 4 is 16.0 Å². The maximum Gasteiger partial charge on any atom is 0.322 e. The van der Waals surface area contributed by atoms with Crippen LogP contribution < -0.4 is 0 Å². The van der Waals surface area contributed by atoms with E-state index in [4.69, 9.17) is 4.52 Å². The molecule has 0 saturated carbocycles. The quantitative estimate of drug-likeness (QED) is 0.911. The predicted octanol–water partition coefficient (Wildman–Crippen LogP) is 1.49. The van der Waals surface area contributed by atoms with Gasteiger partial charge >= 0.3 is 5.97 Å². The van der Waals surface area contributed by atoms with E-state index in [9.17, 15) is 18.3 Å². The summed E-state index contributed by atoms with van der Waals surface area (Å²) in [7, 11) is -4.02. The lowest BCUT2D eigenvalue weighted by atomic mass is 9.96. The molecule has 0 radical (unpaired) electrons. The van der Waals surface area contributed by atoms with Crippen LogP contribution >= 0.6 is 0 Å². The van der Waals surface area contributed by atoms with Crippen molar-refractivity contribution in [2.24, 2.45) is 0 Å². The number of carboxylic acids is 1. The lowest BCUT2D eigenvalue weighted by Crippen LogP contribution is -2.48. The van der Waals surface area contributed by atoms with Gasteiger partial charge in [0, 0.05) is 13.0 Å². The molecular formula is C15H16N2O5S. The number of carbonyl (C=O) groups is 1. The van der Waals surface area contributed by atoms with E-state index in [1.165, 1.54) is 13.8 Å². The maximum atomic E-state index is 13.0. The fourth-order valence-corrected chi connectivity index (χ4v) is 4.78. The Morgan fingerprint density at radius 2 is 1.96 bits per heavy atom. The molecule has 1 N–H and O–H groups in total. The Morgan fingerprint density at radius 3 is 2.52 bits per heavy atom. The molecule has 7 nitrogen and oxygen atoms in total. The first kappa shape index (κ1) is 15.7. The summed E-state index contributed by atoms with van der Waals surface area (Å²) in [6, 6.07) is 6.11. The molecule has 23 heavy (non-hydrogen) atoms. The maximum absolute atomic E-state index is 13.0. The van der Waals surface area contributed by atoms with Gasteiger partial charge in [-0.3, -0.25) is 4.79 Å². The van der Waals surface area contributed by atoms with Crippen molar-refractivity contribution in [2.45, 2.75) is 37.8 Å². The van der Waals surface area contributed by atoms with Gasteiger partial charge in [0.1, 0.15) is 16.6 Å². The van der Waals surface area contributed by atoms with Crippen LogP contribution in [0.1, 0.15) is 22.6 Å². The van der Waals surface area contributed by atoms with Gasteiger partial charge in [0.15, 0.2) is 5.76 Å². The first-order valence-corrected chi connectivity index (χ1v) is 8.50. The lowest BCUT2D eigenvalue weighted by Gasteiger charge is -2.33. The normalized spacial score (nSPS) is 18.6. The molecule has 122 valence electrons. The topological polar surface area (TPSA) is 101 Å². The fourth-order valence-electron chi connectivity index (χ4n) is 2.92. The molecule has 0 bridgehead atoms. The van der Waals surface area contributed by atoms with Gasteiger partial charge in [-0.25, -0.2) is 8.42 Å². The number of fused-ring (bicyclic) bond motifs is 1. The highest BCUT2D eigenvalue weighted by molar-refractivity contribution is 7.89. The van der Waals surface area contributed by atoms with Crippen LogP contribution in [0.25, 0.3) is 0 Å². The smallest absolute Gasteiger partial charge is 0.322 e. The minimum absolute atomic E-state index is 0.0134. The number of sulfonamides is 1. The van der Waals surface area contributed by atoms with Crippen molar-refractivity contribution in [1.29, 1.82) is 0 Å². The molecular weight excluding hydrogens is 320 g/mol. The largest absolute Gasteiger partial charge is 0.480 e. The standard InChI is InChI=1S/C15H16N2O5S/c1-9-14(10(2)22-16-9)23(20,21)17-8-12-6-4-3-5-11(12)7-13(17)15(18)19/h3-6,13H,7-8H2,1-2H3,(H,18,19). The third kappa shape index (κ3) is 2.53. The van der Waals surface area contributed by atoms with Crippen LogP contribution in [0.15, 0.2) is 33.7 Å². The minimum Gasteiger partial charge on any atom is -0.480 e. The molecule has 0 spiro atoms. The molecule has 0 amide bonds. The summed E-state index contributed by atoms with van der Waals surface area (Å²) < 4.78 is 31.9. The van der Waals surface area contributed by atoms with Crippen LogP contribution in [0.3, 0.4) is 0 Å². The summed E-state index contributed by atoms with van der Waals surface area (Å²) in [5.74, 6) is -1.01. The van der Waals surface area contributed by atoms with Crippen molar-refractivity contribution in [3.8, 4) is 0 Å². The highest BCUT2D eigenvalue weighted by atomic mass is 32.2. The van der Waals surface area contributed by atoms with E-state index in [1.54, 1.807) is 6.07 Å². The summed E-state index contributed by atoms with van der Waals surface area (Å²) in [5, 5.41) is 13.2. The minimum atomic E-state index is -4.02. The second-order valence-corrected chi connectivity index (χ2v) is 7.36. The Hall–Kier alpha value is -2.19. The number of hydrogen-bond acceptors (Lipinski definition) is 5. The molecule has 1 aromatic heterocycles. The molecule has 1 aliphatic rings. The molecule has 2 heterocycles. The van der Waals surface area contributed by atoms with Crippen LogP contribution in [-0.2, 0) is 27.8 Å². The van der Waals surface area contributed by atoms with Crippen LogP contribution in [-0.4, -0.2) is 35.0 Å². The second-order valence-electron chi connectivity index (χ2n) is 5.53. The lowest BCUT2D eigenvalue weighted by molar-refractivity contribution is -0.141. The number of carboxylic acid groups (broad SMARTS) is 1. The van der Waals surface area contributed by atoms with Gasteiger partial charge in [0.2, 0.25) is 10.0 Å². The van der Waals surface area contributed by atoms with E-state index in [1.807, 2.05) is 18.2 Å². The van der Waals surface area contributed by atoms with Crippen molar-refractivity contribution in [1.82, 2.24) is 9.46 Å². The monoisotopic (exact) mass is 336 g/mol. The predicted molar refractivity (Wildman–Crippen MR) is 80.3 cm³/mol. The van der Waals surface area contributed by atoms with E-state index in [0.717, 1.165) is 15.4 Å². The summed E-state index contributed by atoms with van der Waals surface area (Å²) >= 11 is 0. The molecule has 0 aliphatic carbocycles. The van der Waals surface area contributed by atoms with Gasteiger partial charge in [0.05, 0.1) is 0 Å². The molecule has 1 unspecified atom stereocenters. The fraction of sp³-hybridized carbons (Fsp3) is 0.333. The third-order valence-electron chi connectivity index (χ3n) is 4.03. The van der Waals surface area contributed by atoms with E-state index < -0.39 is 22.0 Å². The highest BCUT2D eigenvalue weighted by Crippen LogP contribution is 2.31. The van der Waals surface area contributed by atoms with Crippen LogP contribution in [0.5, 0.6) is 0 Å². The van der Waals surface area contributed by atoms with E-state index in [-0.39, 0.29) is 29.3 Å². The van der Waals surface area contributed by atoms with Gasteiger partial charge in [-0.15, -0.1) is 0 Å². The molecule has 2 aromatic rings. The first-order valence-electron chi connectivity index (χ1n) is 7.06. The first-order chi connectivity index (χ1) is 10.8. The van der Waals surface area contributed by atoms with Gasteiger partial charge < -0.3 is 9.63 Å². The summed E-state index contributed by atoms with van der Waals surface area (Å²) in [6.45, 7) is 3.04. The zero-order valence-corrected chi connectivity index (χ0v) is 13.5. The summed E-state index contributed by atoms with van der Waals surface area (Å²) in [5.41, 5.74) is 1.89. The molecule has 0 saturated heterocycles. The Balaban J connectivity index is 2.12. The number of rotatable bonds is 3. The average molecular weight is 336 g/mol. The highest BCUT2D eigenvalue weighted by Gasteiger charge is 2.41. The number of aromatic nitrogens is 1. The van der Waals surface area contributed by atoms with E-state index in [0.29, 0.717) is 0 Å². The Kier molecular flexibility index (Phi) is 3.73. The van der Waals surface area contributed by atoms with Crippen LogP contribution in [0.2, 0.25) is 0 Å². The Labute approximate surface area is 133 Å². The zero-order valence-electron chi connectivity index (χ0n) is 12.7. The zero-order chi connectivity index (χ0) is 16.8. The van der Waals surface area contributed by atoms with Crippen molar-refractivity contribution in [3.63, 3.8) is 0 Å². The number of hydrogen-bond donors (Lipinski definition) is 1. The van der Waals surface area contributed by atoms with Crippen molar-refractivity contribution in [3.05, 3.63) is 46.8 Å². The van der Waals surface area contributed by atoms with E-state index >= 15 is 0 Å². The van der Waals surface area contributed by atoms with Gasteiger partial charge in [0.25, 0.3) is 0 Å². The molecule has 0 fully saturated rings. The van der Waals surface area contributed by atoms with Gasteiger partial charge in [-0.1, -0.05) is 29.4 Å². The molecule has 1 aromatic carbocycles. The number of aliphatic carboxylic acids is 1. The SMILES string of the molecule is Cc1noc(C)c1S(=O)(=O)N1Cc2ccccc2CC1C(=O)O. The summed E-state index contributed by atoms with van der Waals surface area (Å²) in [6.07, 6.45) is 0.133. The van der Waals surface area contributed by atoms with Gasteiger partial charge in [-0.2, -0.15) is 4.31 Å². The van der Waals surface area contributed by atoms with E-state index in [2.05, 4.69) is 5.16 Å². The molecule has 3 rings (SSSR count). The second kappa shape index (κ2) is 5.47. The van der Waals surface area contributed by atoms with Crippen LogP contribution in [0.4, 0.5) is 0 Å². The van der Waals surface area contributed by atoms with Gasteiger partial charge in [-0.05, 0) is 25.0 Å². The molecule has 8 heteroatoms. The number of benzene rings is 1. The van der Waals surface area contributed by atoms with Crippen molar-refractivity contribution in [2.75, 3.05) is 0 Å². The van der Waals surface area contributed by atoms with Crippen molar-refractivity contribution < 1.29 is 22.8 Å². The van der Waals surface area contributed by atoms with Crippen LogP contribution in [0, 0.1) is 13.8 Å². The average Bonchev–Trinajstić information content (AvgIpc) is 2.85. The third-order valence-corrected chi connectivity index (χ3v) is 6.12. The Morgan fingerprint density at radius 1 is 1.30 bits per heavy atom. The summed E-state index contributed by atoms with van der Waals surface area (Å²) in [4.78, 5) is 11.6. The molecule has 1 aliphatic heterocycles. The Bertz CT molecular complexity index is 852.